The molecule has 3 aromatic rings. The van der Waals surface area contributed by atoms with Gasteiger partial charge in [-0.1, -0.05) is 23.5 Å². The van der Waals surface area contributed by atoms with Crippen molar-refractivity contribution in [1.82, 2.24) is 14.8 Å². The molecule has 2 heterocycles. The number of nitrogens with zero attached hydrogens (tertiary/aromatic N) is 3. The van der Waals surface area contributed by atoms with Crippen LogP contribution in [0.2, 0.25) is 0 Å². The number of H-pyrrole nitrogens is 1. The molecule has 130 valence electrons. The molecule has 0 radical (unpaired) electrons. The number of fused-ring (bicyclic) bond motifs is 1. The van der Waals surface area contributed by atoms with E-state index in [1.54, 1.807) is 24.3 Å². The number of nitrogens with one attached hydrogen (secondary N) is 1. The lowest BCUT2D eigenvalue weighted by atomic mass is 10.1. The van der Waals surface area contributed by atoms with Gasteiger partial charge >= 0.3 is 6.18 Å². The van der Waals surface area contributed by atoms with E-state index in [0.29, 0.717) is 5.52 Å². The third-order valence-electron chi connectivity index (χ3n) is 3.93. The number of thiazole rings is 1. The molecule has 0 saturated heterocycles. The molecule has 1 saturated carbocycles. The van der Waals surface area contributed by atoms with Crippen molar-refractivity contribution >= 4 is 27.3 Å². The van der Waals surface area contributed by atoms with E-state index < -0.39 is 23.0 Å². The number of aliphatic imine (C=N–C) groups is 1. The summed E-state index contributed by atoms with van der Waals surface area (Å²) in [6.07, 6.45) is -3.00. The van der Waals surface area contributed by atoms with Crippen LogP contribution in [0.1, 0.15) is 31.0 Å². The Balaban J connectivity index is 1.91. The number of halogens is 3. The lowest BCUT2D eigenvalue weighted by molar-refractivity contribution is -0.141. The van der Waals surface area contributed by atoms with Gasteiger partial charge < -0.3 is 0 Å². The van der Waals surface area contributed by atoms with E-state index in [-0.39, 0.29) is 16.9 Å². The molecule has 2 aromatic heterocycles. The smallest absolute Gasteiger partial charge is 0.286 e. The summed E-state index contributed by atoms with van der Waals surface area (Å²) in [6.45, 7) is 1.45. The number of aromatic nitrogens is 3. The molecule has 0 aliphatic heterocycles. The predicted molar refractivity (Wildman–Crippen MR) is 89.8 cm³/mol. The molecule has 0 unspecified atom stereocenters. The molecule has 1 aliphatic carbocycles. The van der Waals surface area contributed by atoms with Gasteiger partial charge in [0, 0.05) is 5.71 Å². The molecule has 0 atom stereocenters. The summed E-state index contributed by atoms with van der Waals surface area (Å²) >= 11 is 1.15. The van der Waals surface area contributed by atoms with Gasteiger partial charge in [-0.05, 0) is 31.9 Å². The minimum Gasteiger partial charge on any atom is -0.286 e. The second-order valence-corrected chi connectivity index (χ2v) is 6.92. The highest BCUT2D eigenvalue weighted by atomic mass is 32.1. The minimum absolute atomic E-state index is 0.0197. The molecule has 1 N–H and O–H groups in total. The fourth-order valence-corrected chi connectivity index (χ4v) is 3.54. The maximum atomic E-state index is 13.4. The molecule has 4 rings (SSSR count). The SMILES string of the molecule is CC(=NC1CC1)c1c(C(F)(F)F)[nH]n(-c2nc3ccccc3s2)c1=O. The molecule has 1 fully saturated rings. The Morgan fingerprint density at radius 1 is 1.36 bits per heavy atom. The molecule has 0 amide bonds. The molecule has 0 bridgehead atoms. The van der Waals surface area contributed by atoms with Crippen molar-refractivity contribution in [2.24, 2.45) is 4.99 Å². The average molecular weight is 366 g/mol. The van der Waals surface area contributed by atoms with Gasteiger partial charge in [0.1, 0.15) is 0 Å². The third-order valence-corrected chi connectivity index (χ3v) is 4.95. The van der Waals surface area contributed by atoms with Crippen molar-refractivity contribution < 1.29 is 13.2 Å². The Hall–Kier alpha value is -2.42. The van der Waals surface area contributed by atoms with Gasteiger partial charge in [0.15, 0.2) is 5.69 Å². The van der Waals surface area contributed by atoms with E-state index in [9.17, 15) is 18.0 Å². The molecule has 1 aromatic carbocycles. The van der Waals surface area contributed by atoms with E-state index in [0.717, 1.165) is 33.6 Å². The van der Waals surface area contributed by atoms with Gasteiger partial charge in [0.05, 0.1) is 21.8 Å². The monoisotopic (exact) mass is 366 g/mol. The van der Waals surface area contributed by atoms with Gasteiger partial charge in [-0.15, -0.1) is 0 Å². The van der Waals surface area contributed by atoms with Crippen molar-refractivity contribution in [3.8, 4) is 5.13 Å². The number of para-hydroxylation sites is 1. The van der Waals surface area contributed by atoms with Crippen LogP contribution in [-0.2, 0) is 6.18 Å². The van der Waals surface area contributed by atoms with Gasteiger partial charge in [-0.25, -0.2) is 4.98 Å². The van der Waals surface area contributed by atoms with Crippen LogP contribution in [0, 0.1) is 0 Å². The van der Waals surface area contributed by atoms with E-state index in [2.05, 4.69) is 15.1 Å². The average Bonchev–Trinajstić information content (AvgIpc) is 3.12. The van der Waals surface area contributed by atoms with Crippen molar-refractivity contribution in [3.05, 3.63) is 45.9 Å². The lowest BCUT2D eigenvalue weighted by Crippen LogP contribution is -2.20. The van der Waals surface area contributed by atoms with E-state index in [1.165, 1.54) is 6.92 Å². The van der Waals surface area contributed by atoms with E-state index in [4.69, 9.17) is 0 Å². The van der Waals surface area contributed by atoms with Crippen LogP contribution < -0.4 is 5.56 Å². The van der Waals surface area contributed by atoms with Crippen LogP contribution in [0.25, 0.3) is 15.3 Å². The molecule has 9 heteroatoms. The summed E-state index contributed by atoms with van der Waals surface area (Å²) < 4.78 is 41.9. The maximum absolute atomic E-state index is 13.4. The van der Waals surface area contributed by atoms with E-state index >= 15 is 0 Å². The number of aromatic amines is 1. The van der Waals surface area contributed by atoms with Crippen LogP contribution in [0.15, 0.2) is 34.1 Å². The van der Waals surface area contributed by atoms with Gasteiger partial charge in [0.25, 0.3) is 5.56 Å². The number of hydrogen-bond donors (Lipinski definition) is 1. The second-order valence-electron chi connectivity index (χ2n) is 5.91. The second kappa shape index (κ2) is 5.55. The van der Waals surface area contributed by atoms with Gasteiger partial charge in [0.2, 0.25) is 5.13 Å². The first kappa shape index (κ1) is 16.1. The molecular formula is C16H13F3N4OS. The molecule has 5 nitrogen and oxygen atoms in total. The zero-order valence-corrected chi connectivity index (χ0v) is 13.9. The molecule has 1 aliphatic rings. The summed E-state index contributed by atoms with van der Waals surface area (Å²) in [7, 11) is 0. The number of hydrogen-bond acceptors (Lipinski definition) is 4. The van der Waals surface area contributed by atoms with Crippen LogP contribution in [0.3, 0.4) is 0 Å². The zero-order chi connectivity index (χ0) is 17.8. The molecular weight excluding hydrogens is 353 g/mol. The Bertz CT molecular complexity index is 1010. The first-order valence-electron chi connectivity index (χ1n) is 7.67. The van der Waals surface area contributed by atoms with Gasteiger partial charge in [-0.2, -0.15) is 17.9 Å². The van der Waals surface area contributed by atoms with Crippen molar-refractivity contribution in [3.63, 3.8) is 0 Å². The minimum atomic E-state index is -4.68. The number of rotatable bonds is 3. The summed E-state index contributed by atoms with van der Waals surface area (Å²) in [5.74, 6) is 0. The Morgan fingerprint density at radius 2 is 2.08 bits per heavy atom. The van der Waals surface area contributed by atoms with Crippen LogP contribution in [0.5, 0.6) is 0 Å². The van der Waals surface area contributed by atoms with E-state index in [1.807, 2.05) is 0 Å². The lowest BCUT2D eigenvalue weighted by Gasteiger charge is -2.06. The quantitative estimate of drug-likeness (QED) is 0.718. The van der Waals surface area contributed by atoms with Crippen LogP contribution in [0.4, 0.5) is 13.2 Å². The third kappa shape index (κ3) is 2.88. The van der Waals surface area contributed by atoms with Gasteiger partial charge in [-0.3, -0.25) is 14.9 Å². The maximum Gasteiger partial charge on any atom is 0.433 e. The topological polar surface area (TPSA) is 63.0 Å². The molecule has 25 heavy (non-hydrogen) atoms. The summed E-state index contributed by atoms with van der Waals surface area (Å²) in [5, 5.41) is 2.36. The fourth-order valence-electron chi connectivity index (χ4n) is 2.61. The largest absolute Gasteiger partial charge is 0.433 e. The van der Waals surface area contributed by atoms with Crippen molar-refractivity contribution in [1.29, 1.82) is 0 Å². The van der Waals surface area contributed by atoms with Crippen molar-refractivity contribution in [2.75, 3.05) is 0 Å². The highest BCUT2D eigenvalue weighted by molar-refractivity contribution is 7.20. The first-order valence-corrected chi connectivity index (χ1v) is 8.49. The number of alkyl halides is 3. The Labute approximate surface area is 143 Å². The zero-order valence-electron chi connectivity index (χ0n) is 13.1. The Kier molecular flexibility index (Phi) is 3.57. The fraction of sp³-hybridized carbons (Fsp3) is 0.312. The first-order chi connectivity index (χ1) is 11.8. The standard InChI is InChI=1S/C16H13F3N4OS/c1-8(20-9-6-7-9)12-13(16(17,18)19)22-23(14(12)24)15-21-10-4-2-3-5-11(10)25-15/h2-5,9,22H,6-7H2,1H3. The summed E-state index contributed by atoms with van der Waals surface area (Å²) in [4.78, 5) is 21.1. The van der Waals surface area contributed by atoms with Crippen LogP contribution in [-0.4, -0.2) is 26.5 Å². The van der Waals surface area contributed by atoms with Crippen LogP contribution >= 0.6 is 11.3 Å². The summed E-state index contributed by atoms with van der Waals surface area (Å²) in [6, 6.07) is 7.15. The highest BCUT2D eigenvalue weighted by Crippen LogP contribution is 2.32. The normalized spacial score (nSPS) is 15.9. The molecule has 0 spiro atoms. The predicted octanol–water partition coefficient (Wildman–Crippen LogP) is 3.77. The highest BCUT2D eigenvalue weighted by Gasteiger charge is 2.39. The Morgan fingerprint density at radius 3 is 2.72 bits per heavy atom. The van der Waals surface area contributed by atoms with Crippen molar-refractivity contribution in [2.45, 2.75) is 32.0 Å². The summed E-state index contributed by atoms with van der Waals surface area (Å²) in [5.41, 5.74) is -1.57. The number of benzene rings is 1.